The molecular weight excluding hydrogens is 462 g/mol. The Kier molecular flexibility index (Phi) is 9.20. The van der Waals surface area contributed by atoms with Gasteiger partial charge in [-0.2, -0.15) is 0 Å². The van der Waals surface area contributed by atoms with E-state index in [-0.39, 0.29) is 12.0 Å². The molecule has 0 saturated carbocycles. The fourth-order valence-electron chi connectivity index (χ4n) is 3.54. The summed E-state index contributed by atoms with van der Waals surface area (Å²) in [5.74, 6) is 1.47. The van der Waals surface area contributed by atoms with E-state index in [2.05, 4.69) is 28.7 Å². The highest BCUT2D eigenvalue weighted by Gasteiger charge is 2.25. The Labute approximate surface area is 204 Å². The third-order valence-corrected chi connectivity index (χ3v) is 6.52. The summed E-state index contributed by atoms with van der Waals surface area (Å²) in [5, 5.41) is 1.06. The van der Waals surface area contributed by atoms with E-state index >= 15 is 0 Å². The fraction of sp³-hybridized carbons (Fsp3) is 0.478. The normalized spacial score (nSPS) is 13.7. The van der Waals surface area contributed by atoms with Crippen molar-refractivity contribution in [2.45, 2.75) is 31.7 Å². The molecule has 1 aromatic carbocycles. The second-order valence-electron chi connectivity index (χ2n) is 7.47. The number of amides is 2. The van der Waals surface area contributed by atoms with Crippen LogP contribution < -0.4 is 4.90 Å². The van der Waals surface area contributed by atoms with E-state index in [4.69, 9.17) is 16.3 Å². The van der Waals surface area contributed by atoms with Crippen molar-refractivity contribution in [3.63, 3.8) is 0 Å². The Hall–Kier alpha value is -2.52. The first-order valence-corrected chi connectivity index (χ1v) is 12.5. The number of thioether (sulfide) groups is 1. The summed E-state index contributed by atoms with van der Waals surface area (Å²) in [6, 6.07) is 9.37. The summed E-state index contributed by atoms with van der Waals surface area (Å²) in [4.78, 5) is 39.2. The lowest BCUT2D eigenvalue weighted by molar-refractivity contribution is 0.0570. The van der Waals surface area contributed by atoms with Crippen molar-refractivity contribution in [3.05, 3.63) is 46.6 Å². The number of carbonyl (C=O) groups is 2. The van der Waals surface area contributed by atoms with Crippen LogP contribution in [0.1, 0.15) is 36.7 Å². The average Bonchev–Trinajstić information content (AvgIpc) is 2.83. The summed E-state index contributed by atoms with van der Waals surface area (Å²) in [5.41, 5.74) is 1.70. The highest BCUT2D eigenvalue weighted by atomic mass is 35.5. The van der Waals surface area contributed by atoms with Crippen LogP contribution in [0, 0.1) is 0 Å². The number of halogens is 1. The molecule has 2 heterocycles. The summed E-state index contributed by atoms with van der Waals surface area (Å²) in [7, 11) is 0. The van der Waals surface area contributed by atoms with E-state index in [9.17, 15) is 9.59 Å². The zero-order valence-electron chi connectivity index (χ0n) is 19.3. The fourth-order valence-corrected chi connectivity index (χ4v) is 4.58. The van der Waals surface area contributed by atoms with E-state index < -0.39 is 0 Å². The van der Waals surface area contributed by atoms with Crippen LogP contribution in [0.25, 0.3) is 0 Å². The van der Waals surface area contributed by atoms with Crippen LogP contribution in [-0.4, -0.2) is 77.6 Å². The smallest absolute Gasteiger partial charge is 0.409 e. The van der Waals surface area contributed by atoms with E-state index in [1.165, 1.54) is 11.8 Å². The number of benzene rings is 1. The standard InChI is InChI=1S/C23H30ClN5O3S/c1-4-27(5-2)20-15-19(24)25-22(26-20)33-16-17-7-9-18(10-8-17)21(30)28-11-13-29(14-12-28)23(31)32-6-3/h7-10,15H,4-6,11-14,16H2,1-3H3. The molecule has 3 rings (SSSR count). The Morgan fingerprint density at radius 3 is 2.27 bits per heavy atom. The minimum Gasteiger partial charge on any atom is -0.450 e. The van der Waals surface area contributed by atoms with E-state index in [1.54, 1.807) is 22.8 Å². The SMILES string of the molecule is CCOC(=O)N1CCN(C(=O)c2ccc(CSc3nc(Cl)cc(N(CC)CC)n3)cc2)CC1. The molecule has 0 bridgehead atoms. The predicted molar refractivity (Wildman–Crippen MR) is 131 cm³/mol. The van der Waals surface area contributed by atoms with Gasteiger partial charge in [0.2, 0.25) is 0 Å². The molecule has 0 radical (unpaired) electrons. The number of rotatable bonds is 8. The molecule has 0 aliphatic carbocycles. The van der Waals surface area contributed by atoms with Crippen molar-refractivity contribution >= 4 is 41.2 Å². The Morgan fingerprint density at radius 2 is 1.67 bits per heavy atom. The molecule has 33 heavy (non-hydrogen) atoms. The van der Waals surface area contributed by atoms with Gasteiger partial charge in [-0.05, 0) is 38.5 Å². The zero-order chi connectivity index (χ0) is 23.8. The lowest BCUT2D eigenvalue weighted by Gasteiger charge is -2.34. The Balaban J connectivity index is 1.56. The van der Waals surface area contributed by atoms with Crippen LogP contribution in [0.15, 0.2) is 35.5 Å². The first-order valence-electron chi connectivity index (χ1n) is 11.2. The van der Waals surface area contributed by atoms with E-state index in [0.29, 0.717) is 54.4 Å². The molecule has 0 atom stereocenters. The van der Waals surface area contributed by atoms with Crippen LogP contribution in [0.3, 0.4) is 0 Å². The molecule has 8 nitrogen and oxygen atoms in total. The molecule has 2 amide bonds. The average molecular weight is 492 g/mol. The van der Waals surface area contributed by atoms with Crippen molar-refractivity contribution in [1.29, 1.82) is 0 Å². The van der Waals surface area contributed by atoms with Crippen LogP contribution >= 0.6 is 23.4 Å². The van der Waals surface area contributed by atoms with Crippen LogP contribution in [0.5, 0.6) is 0 Å². The van der Waals surface area contributed by atoms with E-state index in [1.807, 2.05) is 24.3 Å². The second-order valence-corrected chi connectivity index (χ2v) is 8.80. The minimum atomic E-state index is -0.320. The maximum Gasteiger partial charge on any atom is 0.409 e. The molecule has 2 aromatic rings. The first-order chi connectivity index (χ1) is 15.9. The van der Waals surface area contributed by atoms with Crippen molar-refractivity contribution in [2.24, 2.45) is 0 Å². The summed E-state index contributed by atoms with van der Waals surface area (Å²) < 4.78 is 5.03. The molecule has 0 unspecified atom stereocenters. The lowest BCUT2D eigenvalue weighted by Crippen LogP contribution is -2.50. The third-order valence-electron chi connectivity index (χ3n) is 5.41. The van der Waals surface area contributed by atoms with Crippen LogP contribution in [-0.2, 0) is 10.5 Å². The van der Waals surface area contributed by atoms with Gasteiger partial charge < -0.3 is 19.4 Å². The third kappa shape index (κ3) is 6.74. The maximum absolute atomic E-state index is 12.8. The van der Waals surface area contributed by atoms with Crippen molar-refractivity contribution < 1.29 is 14.3 Å². The maximum atomic E-state index is 12.8. The topological polar surface area (TPSA) is 78.9 Å². The molecule has 0 spiro atoms. The number of nitrogens with zero attached hydrogens (tertiary/aromatic N) is 5. The molecule has 178 valence electrons. The summed E-state index contributed by atoms with van der Waals surface area (Å²) in [6.45, 7) is 9.94. The van der Waals surface area contributed by atoms with Gasteiger partial charge in [0.15, 0.2) is 5.16 Å². The van der Waals surface area contributed by atoms with Gasteiger partial charge in [-0.1, -0.05) is 35.5 Å². The molecule has 0 N–H and O–H groups in total. The molecule has 1 saturated heterocycles. The van der Waals surface area contributed by atoms with Crippen molar-refractivity contribution in [3.8, 4) is 0 Å². The number of aromatic nitrogens is 2. The Bertz CT molecular complexity index is 948. The van der Waals surface area contributed by atoms with Crippen molar-refractivity contribution in [2.75, 3.05) is 50.8 Å². The number of carbonyl (C=O) groups excluding carboxylic acids is 2. The summed E-state index contributed by atoms with van der Waals surface area (Å²) in [6.07, 6.45) is -0.320. The second kappa shape index (κ2) is 12.1. The van der Waals surface area contributed by atoms with Crippen LogP contribution in [0.4, 0.5) is 10.6 Å². The van der Waals surface area contributed by atoms with Gasteiger partial charge in [0.05, 0.1) is 6.61 Å². The van der Waals surface area contributed by atoms with Gasteiger partial charge in [-0.15, -0.1) is 0 Å². The molecule has 1 aliphatic rings. The molecule has 10 heteroatoms. The molecule has 1 fully saturated rings. The van der Waals surface area contributed by atoms with Crippen molar-refractivity contribution in [1.82, 2.24) is 19.8 Å². The van der Waals surface area contributed by atoms with Gasteiger partial charge in [0.1, 0.15) is 11.0 Å². The number of hydrogen-bond donors (Lipinski definition) is 0. The number of ether oxygens (including phenoxy) is 1. The zero-order valence-corrected chi connectivity index (χ0v) is 20.9. The highest BCUT2D eigenvalue weighted by Crippen LogP contribution is 2.25. The number of anilines is 1. The van der Waals surface area contributed by atoms with Crippen LogP contribution in [0.2, 0.25) is 5.15 Å². The largest absolute Gasteiger partial charge is 0.450 e. The Morgan fingerprint density at radius 1 is 1.03 bits per heavy atom. The van der Waals surface area contributed by atoms with Gasteiger partial charge in [0.25, 0.3) is 5.91 Å². The number of piperazine rings is 1. The lowest BCUT2D eigenvalue weighted by atomic mass is 10.1. The molecule has 1 aromatic heterocycles. The highest BCUT2D eigenvalue weighted by molar-refractivity contribution is 7.98. The molecular formula is C23H30ClN5O3S. The first kappa shape index (κ1) is 25.1. The summed E-state index contributed by atoms with van der Waals surface area (Å²) >= 11 is 7.71. The monoisotopic (exact) mass is 491 g/mol. The van der Waals surface area contributed by atoms with Gasteiger partial charge in [0, 0.05) is 56.7 Å². The quantitative estimate of drug-likeness (QED) is 0.311. The molecule has 1 aliphatic heterocycles. The van der Waals surface area contributed by atoms with Gasteiger partial charge in [-0.3, -0.25) is 4.79 Å². The number of hydrogen-bond acceptors (Lipinski definition) is 7. The van der Waals surface area contributed by atoms with Gasteiger partial charge in [-0.25, -0.2) is 14.8 Å². The van der Waals surface area contributed by atoms with Gasteiger partial charge >= 0.3 is 6.09 Å². The van der Waals surface area contributed by atoms with E-state index in [0.717, 1.165) is 24.5 Å². The predicted octanol–water partition coefficient (Wildman–Crippen LogP) is 4.18. The minimum absolute atomic E-state index is 0.0280.